The number of methoxy groups -OCH3 is 1. The number of hydrogen-bond acceptors (Lipinski definition) is 8. The molecule has 0 atom stereocenters. The molecule has 0 bridgehead atoms. The van der Waals surface area contributed by atoms with Crippen LogP contribution in [-0.4, -0.2) is 42.3 Å². The molecule has 0 aliphatic carbocycles. The molecule has 0 radical (unpaired) electrons. The molecule has 4 aromatic rings. The Hall–Kier alpha value is -4.08. The van der Waals surface area contributed by atoms with E-state index in [1.807, 2.05) is 42.5 Å². The summed E-state index contributed by atoms with van der Waals surface area (Å²) in [5, 5.41) is 3.46. The van der Waals surface area contributed by atoms with E-state index in [0.717, 1.165) is 22.5 Å². The van der Waals surface area contributed by atoms with E-state index in [1.54, 1.807) is 41.8 Å². The van der Waals surface area contributed by atoms with E-state index < -0.39 is 5.97 Å². The lowest BCUT2D eigenvalue weighted by atomic mass is 10.1. The van der Waals surface area contributed by atoms with Crippen LogP contribution in [0.3, 0.4) is 0 Å². The number of fused-ring (bicyclic) bond motifs is 1. The molecule has 1 aliphatic rings. The summed E-state index contributed by atoms with van der Waals surface area (Å²) in [6.07, 6.45) is 1.61. The summed E-state index contributed by atoms with van der Waals surface area (Å²) in [7, 11) is 1.46. The summed E-state index contributed by atoms with van der Waals surface area (Å²) in [4.78, 5) is 39.7. The molecule has 2 amide bonds. The van der Waals surface area contributed by atoms with Gasteiger partial charge in [-0.25, -0.2) is 4.79 Å². The second-order valence-corrected chi connectivity index (χ2v) is 9.88. The van der Waals surface area contributed by atoms with Gasteiger partial charge in [0, 0.05) is 5.39 Å². The van der Waals surface area contributed by atoms with Gasteiger partial charge in [-0.15, -0.1) is 11.3 Å². The van der Waals surface area contributed by atoms with Gasteiger partial charge in [-0.05, 0) is 58.4 Å². The van der Waals surface area contributed by atoms with Gasteiger partial charge in [0.25, 0.3) is 11.1 Å². The maximum absolute atomic E-state index is 12.9. The van der Waals surface area contributed by atoms with Crippen LogP contribution in [0, 0.1) is 0 Å². The molecule has 9 heteroatoms. The Bertz CT molecular complexity index is 1510. The van der Waals surface area contributed by atoms with Crippen molar-refractivity contribution < 1.29 is 28.6 Å². The van der Waals surface area contributed by atoms with E-state index in [-0.39, 0.29) is 30.0 Å². The van der Waals surface area contributed by atoms with Gasteiger partial charge in [-0.2, -0.15) is 0 Å². The highest BCUT2D eigenvalue weighted by Gasteiger charge is 2.35. The number of hydrogen-bond donors (Lipinski definition) is 0. The van der Waals surface area contributed by atoms with Crippen LogP contribution in [0.2, 0.25) is 0 Å². The molecule has 2 heterocycles. The highest BCUT2D eigenvalue weighted by Crippen LogP contribution is 2.35. The third kappa shape index (κ3) is 5.37. The summed E-state index contributed by atoms with van der Waals surface area (Å²) >= 11 is 2.15. The first kappa shape index (κ1) is 24.6. The maximum Gasteiger partial charge on any atom is 0.353 e. The van der Waals surface area contributed by atoms with Gasteiger partial charge in [0.2, 0.25) is 0 Å². The Morgan fingerprint density at radius 2 is 1.78 bits per heavy atom. The number of rotatable bonds is 8. The Morgan fingerprint density at radius 3 is 2.59 bits per heavy atom. The highest BCUT2D eigenvalue weighted by atomic mass is 32.2. The fraction of sp³-hybridized carbons (Fsp3) is 0.107. The molecule has 5 rings (SSSR count). The smallest absolute Gasteiger partial charge is 0.353 e. The van der Waals surface area contributed by atoms with Gasteiger partial charge in [0.05, 0.1) is 18.6 Å². The van der Waals surface area contributed by atoms with Crippen LogP contribution in [0.4, 0.5) is 4.79 Å². The normalized spacial score (nSPS) is 14.4. The van der Waals surface area contributed by atoms with Gasteiger partial charge >= 0.3 is 5.97 Å². The highest BCUT2D eigenvalue weighted by molar-refractivity contribution is 8.18. The monoisotopic (exact) mass is 531 g/mol. The van der Waals surface area contributed by atoms with Crippen molar-refractivity contribution in [3.05, 3.63) is 93.5 Å². The molecule has 7 nitrogen and oxygen atoms in total. The van der Waals surface area contributed by atoms with Crippen LogP contribution in [0.15, 0.2) is 83.1 Å². The van der Waals surface area contributed by atoms with Gasteiger partial charge in [0.1, 0.15) is 17.2 Å². The minimum absolute atomic E-state index is 0.131. The lowest BCUT2D eigenvalue weighted by Gasteiger charge is -2.14. The zero-order chi connectivity index (χ0) is 25.8. The second-order valence-electron chi connectivity index (χ2n) is 7.94. The molecule has 1 saturated heterocycles. The van der Waals surface area contributed by atoms with E-state index in [2.05, 4.69) is 0 Å². The van der Waals surface area contributed by atoms with Gasteiger partial charge in [0.15, 0.2) is 11.5 Å². The summed E-state index contributed by atoms with van der Waals surface area (Å²) in [5.41, 5.74) is 0.630. The van der Waals surface area contributed by atoms with Crippen LogP contribution >= 0.6 is 23.1 Å². The Labute approximate surface area is 221 Å². The lowest BCUT2D eigenvalue weighted by Crippen LogP contribution is -2.32. The maximum atomic E-state index is 12.9. The standard InChI is InChI=1S/C28H21NO6S2/c1-33-23-16-18(11-12-22(23)35-27(31)24-10-5-15-36-24)17-25-26(30)29(28(32)37-25)13-14-34-21-9-4-7-19-6-2-3-8-20(19)21/h2-12,15-17H,13-14H2,1H3/b25-17-. The number of carbonyl (C=O) groups excluding carboxylic acids is 3. The summed E-state index contributed by atoms with van der Waals surface area (Å²) in [6, 6.07) is 22.0. The van der Waals surface area contributed by atoms with Gasteiger partial charge in [-0.1, -0.05) is 48.5 Å². The zero-order valence-corrected chi connectivity index (χ0v) is 21.3. The predicted octanol–water partition coefficient (Wildman–Crippen LogP) is 6.24. The summed E-state index contributed by atoms with van der Waals surface area (Å²) < 4.78 is 16.7. The van der Waals surface area contributed by atoms with Crippen molar-refractivity contribution in [2.24, 2.45) is 0 Å². The fourth-order valence-electron chi connectivity index (χ4n) is 3.82. The number of esters is 1. The van der Waals surface area contributed by atoms with E-state index in [1.165, 1.54) is 23.3 Å². The van der Waals surface area contributed by atoms with E-state index in [9.17, 15) is 14.4 Å². The molecular weight excluding hydrogens is 510 g/mol. The van der Waals surface area contributed by atoms with Crippen molar-refractivity contribution in [1.29, 1.82) is 0 Å². The zero-order valence-electron chi connectivity index (χ0n) is 19.7. The average Bonchev–Trinajstić information content (AvgIpc) is 3.54. The van der Waals surface area contributed by atoms with Crippen LogP contribution in [-0.2, 0) is 4.79 Å². The van der Waals surface area contributed by atoms with Crippen LogP contribution in [0.25, 0.3) is 16.8 Å². The third-order valence-corrected chi connectivity index (χ3v) is 7.36. The number of benzene rings is 3. The van der Waals surface area contributed by atoms with Crippen molar-refractivity contribution in [3.8, 4) is 17.2 Å². The average molecular weight is 532 g/mol. The SMILES string of the molecule is COc1cc(/C=C2\SC(=O)N(CCOc3cccc4ccccc34)C2=O)ccc1OC(=O)c1cccs1. The molecule has 0 N–H and O–H groups in total. The molecule has 3 aromatic carbocycles. The molecule has 186 valence electrons. The number of carbonyl (C=O) groups is 3. The fourth-order valence-corrected chi connectivity index (χ4v) is 5.28. The van der Waals surface area contributed by atoms with Crippen LogP contribution < -0.4 is 14.2 Å². The number of thiophene rings is 1. The van der Waals surface area contributed by atoms with Gasteiger partial charge in [-0.3, -0.25) is 14.5 Å². The molecular formula is C28H21NO6S2. The molecule has 37 heavy (non-hydrogen) atoms. The Morgan fingerprint density at radius 1 is 0.946 bits per heavy atom. The number of amides is 2. The number of ether oxygens (including phenoxy) is 3. The van der Waals surface area contributed by atoms with Crippen molar-refractivity contribution in [2.45, 2.75) is 0 Å². The van der Waals surface area contributed by atoms with E-state index >= 15 is 0 Å². The predicted molar refractivity (Wildman–Crippen MR) is 144 cm³/mol. The largest absolute Gasteiger partial charge is 0.493 e. The number of imide groups is 1. The molecule has 0 saturated carbocycles. The third-order valence-electron chi connectivity index (χ3n) is 5.61. The lowest BCUT2D eigenvalue weighted by molar-refractivity contribution is -0.123. The first-order valence-corrected chi connectivity index (χ1v) is 13.0. The molecule has 0 spiro atoms. The summed E-state index contributed by atoms with van der Waals surface area (Å²) in [6.45, 7) is 0.309. The number of thioether (sulfide) groups is 1. The molecule has 0 unspecified atom stereocenters. The Balaban J connectivity index is 1.25. The van der Waals surface area contributed by atoms with E-state index in [4.69, 9.17) is 14.2 Å². The van der Waals surface area contributed by atoms with Crippen LogP contribution in [0.5, 0.6) is 17.2 Å². The second kappa shape index (κ2) is 10.9. The number of nitrogens with zero attached hydrogens (tertiary/aromatic N) is 1. The van der Waals surface area contributed by atoms with Crippen molar-refractivity contribution in [1.82, 2.24) is 4.90 Å². The van der Waals surface area contributed by atoms with Crippen molar-refractivity contribution in [3.63, 3.8) is 0 Å². The van der Waals surface area contributed by atoms with Crippen molar-refractivity contribution >= 4 is 57.1 Å². The minimum Gasteiger partial charge on any atom is -0.493 e. The minimum atomic E-state index is -0.479. The van der Waals surface area contributed by atoms with Crippen molar-refractivity contribution in [2.75, 3.05) is 20.3 Å². The summed E-state index contributed by atoms with van der Waals surface area (Å²) in [5.74, 6) is 0.433. The van der Waals surface area contributed by atoms with E-state index in [0.29, 0.717) is 26.8 Å². The first-order valence-electron chi connectivity index (χ1n) is 11.3. The quantitative estimate of drug-likeness (QED) is 0.151. The molecule has 1 aliphatic heterocycles. The molecule has 1 fully saturated rings. The topological polar surface area (TPSA) is 82.1 Å². The van der Waals surface area contributed by atoms with Crippen LogP contribution in [0.1, 0.15) is 15.2 Å². The van der Waals surface area contributed by atoms with Gasteiger partial charge < -0.3 is 14.2 Å². The Kier molecular flexibility index (Phi) is 7.25. The molecule has 1 aromatic heterocycles. The first-order chi connectivity index (χ1) is 18.0.